The van der Waals surface area contributed by atoms with Crippen LogP contribution in [0.4, 0.5) is 5.13 Å². The quantitative estimate of drug-likeness (QED) is 0.885. The van der Waals surface area contributed by atoms with Gasteiger partial charge in [0.25, 0.3) is 5.91 Å². The van der Waals surface area contributed by atoms with Gasteiger partial charge in [-0.2, -0.15) is 0 Å². The normalized spacial score (nSPS) is 18.8. The summed E-state index contributed by atoms with van der Waals surface area (Å²) in [6.45, 7) is 5.34. The van der Waals surface area contributed by atoms with Gasteiger partial charge in [0.05, 0.1) is 5.69 Å². The fourth-order valence-electron chi connectivity index (χ4n) is 2.91. The van der Waals surface area contributed by atoms with E-state index in [9.17, 15) is 4.79 Å². The van der Waals surface area contributed by atoms with Gasteiger partial charge in [0.2, 0.25) is 6.10 Å². The topological polar surface area (TPSA) is 63.7 Å². The van der Waals surface area contributed by atoms with Crippen LogP contribution in [-0.4, -0.2) is 41.6 Å². The molecule has 0 radical (unpaired) electrons. The average molecular weight is 382 g/mol. The summed E-state index contributed by atoms with van der Waals surface area (Å²) < 4.78 is 11.3. The number of halogens is 1. The molecular weight excluding hydrogens is 362 g/mol. The van der Waals surface area contributed by atoms with Gasteiger partial charge < -0.3 is 9.47 Å². The summed E-state index contributed by atoms with van der Waals surface area (Å²) in [6.07, 6.45) is 0.277. The zero-order chi connectivity index (χ0) is 16.5. The summed E-state index contributed by atoms with van der Waals surface area (Å²) in [7, 11) is 0. The zero-order valence-electron chi connectivity index (χ0n) is 13.9. The molecule has 0 aliphatic carbocycles. The molecule has 2 aliphatic heterocycles. The van der Waals surface area contributed by atoms with Crippen molar-refractivity contribution in [1.82, 2.24) is 9.88 Å². The lowest BCUT2D eigenvalue weighted by molar-refractivity contribution is -0.125. The van der Waals surface area contributed by atoms with E-state index in [0.29, 0.717) is 16.6 Å². The van der Waals surface area contributed by atoms with Gasteiger partial charge in [-0.25, -0.2) is 4.98 Å². The van der Waals surface area contributed by atoms with Crippen LogP contribution >= 0.6 is 23.7 Å². The number of hydrogen-bond donors (Lipinski definition) is 1. The molecule has 6 nitrogen and oxygen atoms in total. The average Bonchev–Trinajstić information content (AvgIpc) is 3.02. The summed E-state index contributed by atoms with van der Waals surface area (Å²) in [5.41, 5.74) is 1.10. The van der Waals surface area contributed by atoms with Gasteiger partial charge in [0, 0.05) is 24.4 Å². The Morgan fingerprint density at radius 3 is 3.00 bits per heavy atom. The number of ether oxygens (including phenoxy) is 2. The fraction of sp³-hybridized carbons (Fsp3) is 0.412. The maximum absolute atomic E-state index is 12.5. The van der Waals surface area contributed by atoms with E-state index in [1.807, 2.05) is 18.2 Å². The van der Waals surface area contributed by atoms with E-state index in [1.165, 1.54) is 4.88 Å². The summed E-state index contributed by atoms with van der Waals surface area (Å²) in [4.78, 5) is 20.6. The number of hydrogen-bond acceptors (Lipinski definition) is 6. The van der Waals surface area contributed by atoms with Crippen molar-refractivity contribution in [3.63, 3.8) is 0 Å². The number of benzene rings is 1. The minimum absolute atomic E-state index is 0. The predicted molar refractivity (Wildman–Crippen MR) is 99.0 cm³/mol. The summed E-state index contributed by atoms with van der Waals surface area (Å²) in [5, 5.41) is 3.52. The molecule has 4 rings (SSSR count). The van der Waals surface area contributed by atoms with Crippen LogP contribution in [0.3, 0.4) is 0 Å². The van der Waals surface area contributed by atoms with E-state index < -0.39 is 6.10 Å². The molecule has 0 bridgehead atoms. The highest BCUT2D eigenvalue weighted by Gasteiger charge is 2.28. The number of thiazole rings is 1. The van der Waals surface area contributed by atoms with Crippen molar-refractivity contribution >= 4 is 34.8 Å². The van der Waals surface area contributed by atoms with Crippen LogP contribution in [0, 0.1) is 0 Å². The highest BCUT2D eigenvalue weighted by Crippen LogP contribution is 2.32. The Hall–Kier alpha value is -1.83. The molecule has 25 heavy (non-hydrogen) atoms. The molecule has 0 saturated heterocycles. The molecule has 134 valence electrons. The molecule has 8 heteroatoms. The van der Waals surface area contributed by atoms with Gasteiger partial charge in [0.1, 0.15) is 6.61 Å². The molecule has 0 spiro atoms. The van der Waals surface area contributed by atoms with Crippen molar-refractivity contribution in [2.75, 3.05) is 25.0 Å². The van der Waals surface area contributed by atoms with Gasteiger partial charge in [-0.05, 0) is 18.7 Å². The number of likely N-dealkylation sites (N-methyl/N-ethyl adjacent to an activating group) is 1. The predicted octanol–water partition coefficient (Wildman–Crippen LogP) is 2.72. The number of aromatic nitrogens is 1. The summed E-state index contributed by atoms with van der Waals surface area (Å²) in [5.74, 6) is 1.05. The third kappa shape index (κ3) is 3.73. The molecule has 0 saturated carbocycles. The number of rotatable bonds is 3. The van der Waals surface area contributed by atoms with Crippen molar-refractivity contribution in [3.8, 4) is 11.5 Å². The molecule has 3 heterocycles. The number of amides is 1. The van der Waals surface area contributed by atoms with Gasteiger partial charge in [-0.3, -0.25) is 15.0 Å². The SMILES string of the molecule is CCN1CCc2nc(NC(=O)C3COc4ccccc4O3)sc2C1.Cl. The Morgan fingerprint density at radius 1 is 1.40 bits per heavy atom. The van der Waals surface area contributed by atoms with Crippen molar-refractivity contribution in [1.29, 1.82) is 0 Å². The fourth-order valence-corrected chi connectivity index (χ4v) is 3.96. The van der Waals surface area contributed by atoms with Crippen molar-refractivity contribution in [2.24, 2.45) is 0 Å². The highest BCUT2D eigenvalue weighted by molar-refractivity contribution is 7.15. The monoisotopic (exact) mass is 381 g/mol. The number of fused-ring (bicyclic) bond motifs is 2. The first-order chi connectivity index (χ1) is 11.7. The molecule has 2 aliphatic rings. The molecule has 1 unspecified atom stereocenters. The van der Waals surface area contributed by atoms with Crippen LogP contribution in [0.15, 0.2) is 24.3 Å². The van der Waals surface area contributed by atoms with Crippen molar-refractivity contribution < 1.29 is 14.3 Å². The smallest absolute Gasteiger partial charge is 0.270 e. The van der Waals surface area contributed by atoms with E-state index in [2.05, 4.69) is 22.1 Å². The molecule has 1 aromatic heterocycles. The summed E-state index contributed by atoms with van der Waals surface area (Å²) >= 11 is 1.55. The third-order valence-electron chi connectivity index (χ3n) is 4.29. The minimum Gasteiger partial charge on any atom is -0.485 e. The first-order valence-electron chi connectivity index (χ1n) is 8.13. The molecule has 1 N–H and O–H groups in total. The maximum atomic E-state index is 12.5. The molecule has 1 amide bonds. The first-order valence-corrected chi connectivity index (χ1v) is 8.95. The van der Waals surface area contributed by atoms with E-state index in [0.717, 1.165) is 31.7 Å². The number of anilines is 1. The second-order valence-corrected chi connectivity index (χ2v) is 6.94. The largest absolute Gasteiger partial charge is 0.485 e. The molecule has 1 aromatic carbocycles. The number of nitrogens with one attached hydrogen (secondary N) is 1. The van der Waals surface area contributed by atoms with Gasteiger partial charge in [-0.15, -0.1) is 23.7 Å². The van der Waals surface area contributed by atoms with Crippen LogP contribution in [0.25, 0.3) is 0 Å². The summed E-state index contributed by atoms with van der Waals surface area (Å²) in [6, 6.07) is 7.37. The second-order valence-electron chi connectivity index (χ2n) is 5.86. The number of nitrogens with zero attached hydrogens (tertiary/aromatic N) is 2. The molecule has 1 atom stereocenters. The first kappa shape index (κ1) is 18.0. The van der Waals surface area contributed by atoms with Crippen molar-refractivity contribution in [2.45, 2.75) is 26.0 Å². The van der Waals surface area contributed by atoms with E-state index in [1.54, 1.807) is 17.4 Å². The maximum Gasteiger partial charge on any atom is 0.270 e. The Balaban J connectivity index is 0.00000182. The zero-order valence-corrected chi connectivity index (χ0v) is 15.5. The Kier molecular flexibility index (Phi) is 5.46. The van der Waals surface area contributed by atoms with Crippen LogP contribution in [0.2, 0.25) is 0 Å². The van der Waals surface area contributed by atoms with E-state index in [-0.39, 0.29) is 24.9 Å². The molecule has 2 aromatic rings. The Labute approximate surface area is 156 Å². The van der Waals surface area contributed by atoms with Crippen LogP contribution in [0.1, 0.15) is 17.5 Å². The van der Waals surface area contributed by atoms with Crippen molar-refractivity contribution in [3.05, 3.63) is 34.8 Å². The van der Waals surface area contributed by atoms with Crippen LogP contribution in [-0.2, 0) is 17.8 Å². The standard InChI is InChI=1S/C17H19N3O3S.ClH/c1-2-20-8-7-11-15(9-20)24-17(18-11)19-16(21)14-10-22-12-5-3-4-6-13(12)23-14;/h3-6,14H,2,7-10H2,1H3,(H,18,19,21);1H. The lowest BCUT2D eigenvalue weighted by Gasteiger charge is -2.25. The minimum atomic E-state index is -0.659. The highest BCUT2D eigenvalue weighted by atomic mass is 35.5. The van der Waals surface area contributed by atoms with Gasteiger partial charge in [0.15, 0.2) is 16.6 Å². The Bertz CT molecular complexity index is 767. The molecule has 0 fully saturated rings. The van der Waals surface area contributed by atoms with Gasteiger partial charge >= 0.3 is 0 Å². The number of carbonyl (C=O) groups is 1. The second kappa shape index (κ2) is 7.59. The third-order valence-corrected chi connectivity index (χ3v) is 5.29. The Morgan fingerprint density at radius 2 is 2.20 bits per heavy atom. The number of carbonyl (C=O) groups excluding carboxylic acids is 1. The van der Waals surface area contributed by atoms with E-state index >= 15 is 0 Å². The lowest BCUT2D eigenvalue weighted by Crippen LogP contribution is -2.40. The van der Waals surface area contributed by atoms with Crippen LogP contribution < -0.4 is 14.8 Å². The molecular formula is C17H20ClN3O3S. The lowest BCUT2D eigenvalue weighted by atomic mass is 10.2. The van der Waals surface area contributed by atoms with Crippen LogP contribution in [0.5, 0.6) is 11.5 Å². The van der Waals surface area contributed by atoms with E-state index in [4.69, 9.17) is 9.47 Å². The number of para-hydroxylation sites is 2. The van der Waals surface area contributed by atoms with Gasteiger partial charge in [-0.1, -0.05) is 19.1 Å².